The predicted octanol–water partition coefficient (Wildman–Crippen LogP) is 4.54. The van der Waals surface area contributed by atoms with Crippen molar-refractivity contribution in [2.45, 2.75) is 6.18 Å². The van der Waals surface area contributed by atoms with E-state index in [1.807, 2.05) is 0 Å². The molecule has 8 heteroatoms. The molecule has 2 rings (SSSR count). The molecule has 0 aromatic heterocycles. The smallest absolute Gasteiger partial charge is 0.422 e. The van der Waals surface area contributed by atoms with Crippen molar-refractivity contribution < 1.29 is 27.4 Å². The summed E-state index contributed by atoms with van der Waals surface area (Å²) in [6.45, 7) is -1.48. The van der Waals surface area contributed by atoms with Gasteiger partial charge in [-0.1, -0.05) is 17.7 Å². The number of carbonyl (C=O) groups excluding carboxylic acids is 1. The Balaban J connectivity index is 2.21. The zero-order chi connectivity index (χ0) is 17.7. The Morgan fingerprint density at radius 2 is 1.96 bits per heavy atom. The highest BCUT2D eigenvalue weighted by molar-refractivity contribution is 6.31. The Labute approximate surface area is 141 Å². The molecule has 2 aromatic carbocycles. The SMILES string of the molecule is COc1cccc(C(=O)Nc2cc(Cl)ccc2OCC(F)(F)F)c1. The van der Waals surface area contributed by atoms with Crippen molar-refractivity contribution in [2.24, 2.45) is 0 Å². The topological polar surface area (TPSA) is 47.6 Å². The van der Waals surface area contributed by atoms with Crippen LogP contribution in [-0.2, 0) is 0 Å². The summed E-state index contributed by atoms with van der Waals surface area (Å²) in [5.41, 5.74) is 0.315. The van der Waals surface area contributed by atoms with E-state index in [0.717, 1.165) is 0 Å². The summed E-state index contributed by atoms with van der Waals surface area (Å²) in [5.74, 6) is -0.191. The normalized spacial score (nSPS) is 11.0. The number of amides is 1. The van der Waals surface area contributed by atoms with Crippen molar-refractivity contribution >= 4 is 23.2 Å². The van der Waals surface area contributed by atoms with E-state index < -0.39 is 18.7 Å². The lowest BCUT2D eigenvalue weighted by molar-refractivity contribution is -0.153. The Morgan fingerprint density at radius 1 is 1.21 bits per heavy atom. The molecule has 0 saturated heterocycles. The Hall–Kier alpha value is -2.41. The highest BCUT2D eigenvalue weighted by Gasteiger charge is 2.29. The highest BCUT2D eigenvalue weighted by atomic mass is 35.5. The van der Waals surface area contributed by atoms with Crippen LogP contribution in [0.5, 0.6) is 11.5 Å². The Morgan fingerprint density at radius 3 is 2.62 bits per heavy atom. The van der Waals surface area contributed by atoms with Crippen LogP contribution >= 0.6 is 11.6 Å². The van der Waals surface area contributed by atoms with Gasteiger partial charge in [0.2, 0.25) is 0 Å². The van der Waals surface area contributed by atoms with Crippen LogP contribution < -0.4 is 14.8 Å². The summed E-state index contributed by atoms with van der Waals surface area (Å²) in [5, 5.41) is 2.73. The molecule has 1 amide bonds. The van der Waals surface area contributed by atoms with Crippen LogP contribution in [0.15, 0.2) is 42.5 Å². The minimum Gasteiger partial charge on any atom is -0.497 e. The molecular formula is C16H13ClF3NO3. The number of halogens is 4. The van der Waals surface area contributed by atoms with Gasteiger partial charge in [0, 0.05) is 10.6 Å². The number of carbonyl (C=O) groups is 1. The maximum absolute atomic E-state index is 12.3. The second-order valence-electron chi connectivity index (χ2n) is 4.73. The summed E-state index contributed by atoms with van der Waals surface area (Å²) in [4.78, 5) is 12.3. The molecule has 0 aliphatic rings. The lowest BCUT2D eigenvalue weighted by Crippen LogP contribution is -2.20. The first-order valence-corrected chi connectivity index (χ1v) is 7.11. The summed E-state index contributed by atoms with van der Waals surface area (Å²) in [7, 11) is 1.46. The molecule has 2 aromatic rings. The fourth-order valence-corrected chi connectivity index (χ4v) is 2.02. The molecule has 0 fully saturated rings. The molecule has 0 unspecified atom stereocenters. The number of alkyl halides is 3. The van der Waals surface area contributed by atoms with Crippen molar-refractivity contribution in [1.82, 2.24) is 0 Å². The average molecular weight is 360 g/mol. The maximum atomic E-state index is 12.3. The predicted molar refractivity (Wildman–Crippen MR) is 83.9 cm³/mol. The molecule has 1 N–H and O–H groups in total. The van der Waals surface area contributed by atoms with Gasteiger partial charge in [0.05, 0.1) is 12.8 Å². The largest absolute Gasteiger partial charge is 0.497 e. The fraction of sp³-hybridized carbons (Fsp3) is 0.188. The first-order valence-electron chi connectivity index (χ1n) is 6.73. The molecule has 0 saturated carbocycles. The van der Waals surface area contributed by atoms with E-state index in [9.17, 15) is 18.0 Å². The van der Waals surface area contributed by atoms with Gasteiger partial charge in [0.15, 0.2) is 6.61 Å². The van der Waals surface area contributed by atoms with Crippen LogP contribution in [-0.4, -0.2) is 25.8 Å². The van der Waals surface area contributed by atoms with Crippen LogP contribution in [0.1, 0.15) is 10.4 Å². The monoisotopic (exact) mass is 359 g/mol. The van der Waals surface area contributed by atoms with E-state index >= 15 is 0 Å². The molecule has 0 heterocycles. The van der Waals surface area contributed by atoms with Crippen molar-refractivity contribution in [3.63, 3.8) is 0 Å². The van der Waals surface area contributed by atoms with Gasteiger partial charge < -0.3 is 14.8 Å². The van der Waals surface area contributed by atoms with Crippen LogP contribution in [0.4, 0.5) is 18.9 Å². The summed E-state index contributed by atoms with van der Waals surface area (Å²) < 4.78 is 46.7. The zero-order valence-electron chi connectivity index (χ0n) is 12.5. The van der Waals surface area contributed by atoms with Gasteiger partial charge in [-0.2, -0.15) is 13.2 Å². The van der Waals surface area contributed by atoms with Crippen LogP contribution in [0.3, 0.4) is 0 Å². The third-order valence-electron chi connectivity index (χ3n) is 2.91. The van der Waals surface area contributed by atoms with Gasteiger partial charge >= 0.3 is 6.18 Å². The Bertz CT molecular complexity index is 735. The summed E-state index contributed by atoms with van der Waals surface area (Å²) in [6.07, 6.45) is -4.49. The third kappa shape index (κ3) is 5.06. The lowest BCUT2D eigenvalue weighted by Gasteiger charge is -2.14. The summed E-state index contributed by atoms with van der Waals surface area (Å²) >= 11 is 5.83. The van der Waals surface area contributed by atoms with Gasteiger partial charge in [-0.3, -0.25) is 4.79 Å². The second kappa shape index (κ2) is 7.44. The van der Waals surface area contributed by atoms with E-state index in [0.29, 0.717) is 5.75 Å². The number of ether oxygens (including phenoxy) is 2. The molecule has 0 radical (unpaired) electrons. The summed E-state index contributed by atoms with van der Waals surface area (Å²) in [6, 6.07) is 10.3. The quantitative estimate of drug-likeness (QED) is 0.852. The fourth-order valence-electron chi connectivity index (χ4n) is 1.84. The number of anilines is 1. The highest BCUT2D eigenvalue weighted by Crippen LogP contribution is 2.30. The van der Waals surface area contributed by atoms with E-state index in [4.69, 9.17) is 21.1 Å². The van der Waals surface area contributed by atoms with Gasteiger partial charge in [0.1, 0.15) is 11.5 Å². The van der Waals surface area contributed by atoms with E-state index in [-0.39, 0.29) is 22.0 Å². The van der Waals surface area contributed by atoms with Crippen molar-refractivity contribution in [2.75, 3.05) is 19.0 Å². The van der Waals surface area contributed by atoms with Crippen LogP contribution in [0.2, 0.25) is 5.02 Å². The molecule has 0 spiro atoms. The molecule has 0 aliphatic carbocycles. The van der Waals surface area contributed by atoms with Gasteiger partial charge in [-0.15, -0.1) is 0 Å². The molecule has 24 heavy (non-hydrogen) atoms. The average Bonchev–Trinajstić information content (AvgIpc) is 2.53. The molecule has 0 aliphatic heterocycles. The van der Waals surface area contributed by atoms with Crippen LogP contribution in [0.25, 0.3) is 0 Å². The van der Waals surface area contributed by atoms with Gasteiger partial charge in [0.25, 0.3) is 5.91 Å². The number of methoxy groups -OCH3 is 1. The van der Waals surface area contributed by atoms with E-state index in [1.54, 1.807) is 18.2 Å². The molecule has 4 nitrogen and oxygen atoms in total. The maximum Gasteiger partial charge on any atom is 0.422 e. The zero-order valence-corrected chi connectivity index (χ0v) is 13.2. The Kier molecular flexibility index (Phi) is 5.56. The van der Waals surface area contributed by atoms with Gasteiger partial charge in [-0.05, 0) is 36.4 Å². The number of nitrogens with one attached hydrogen (secondary N) is 1. The number of benzene rings is 2. The second-order valence-corrected chi connectivity index (χ2v) is 5.17. The van der Waals surface area contributed by atoms with Crippen LogP contribution in [0, 0.1) is 0 Å². The molecular weight excluding hydrogens is 347 g/mol. The number of hydrogen-bond acceptors (Lipinski definition) is 3. The standard InChI is InChI=1S/C16H13ClF3NO3/c1-23-12-4-2-3-10(7-12)15(22)21-13-8-11(17)5-6-14(13)24-9-16(18,19)20/h2-8H,9H2,1H3,(H,21,22). The van der Waals surface area contributed by atoms with E-state index in [1.165, 1.54) is 31.4 Å². The first kappa shape index (κ1) is 17.9. The number of hydrogen-bond donors (Lipinski definition) is 1. The van der Waals surface area contributed by atoms with Gasteiger partial charge in [-0.25, -0.2) is 0 Å². The minimum absolute atomic E-state index is 0.0413. The molecule has 0 bridgehead atoms. The third-order valence-corrected chi connectivity index (χ3v) is 3.15. The minimum atomic E-state index is -4.49. The van der Waals surface area contributed by atoms with Crippen molar-refractivity contribution in [3.8, 4) is 11.5 Å². The first-order chi connectivity index (χ1) is 11.3. The molecule has 0 atom stereocenters. The number of rotatable bonds is 5. The van der Waals surface area contributed by atoms with Crippen molar-refractivity contribution in [3.05, 3.63) is 53.1 Å². The van der Waals surface area contributed by atoms with Crippen molar-refractivity contribution in [1.29, 1.82) is 0 Å². The lowest BCUT2D eigenvalue weighted by atomic mass is 10.2. The molecule has 128 valence electrons. The van der Waals surface area contributed by atoms with E-state index in [2.05, 4.69) is 5.32 Å².